The molecule has 1 amide bonds. The lowest BCUT2D eigenvalue weighted by atomic mass is 10.1. The molecule has 2 aromatic heterocycles. The lowest BCUT2D eigenvalue weighted by molar-refractivity contribution is -0.384. The summed E-state index contributed by atoms with van der Waals surface area (Å²) in [5.41, 5.74) is 2.02. The van der Waals surface area contributed by atoms with Gasteiger partial charge in [0.2, 0.25) is 5.91 Å². The second-order valence-corrected chi connectivity index (χ2v) is 8.48. The Bertz CT molecular complexity index is 1260. The standard InChI is InChI=1S/C20H14ClN5O3S2/c21-14-4-2-5-15(10-14)25-8-7-22-20(25)31-12-18(27)24-19-23-17(11-30-19)13-3-1-6-16(9-13)26(28)29/h1-11H,12H2,(H,23,24,27). The molecular weight excluding hydrogens is 458 g/mol. The molecule has 156 valence electrons. The number of non-ortho nitro benzene ring substituents is 1. The number of carbonyl (C=O) groups excluding carboxylic acids is 1. The van der Waals surface area contributed by atoms with Crippen LogP contribution in [0, 0.1) is 10.1 Å². The van der Waals surface area contributed by atoms with E-state index in [1.807, 2.05) is 22.8 Å². The molecule has 0 radical (unpaired) electrons. The predicted octanol–water partition coefficient (Wildman–Crippen LogP) is 5.29. The van der Waals surface area contributed by atoms with Crippen LogP contribution in [-0.2, 0) is 4.79 Å². The fourth-order valence-electron chi connectivity index (χ4n) is 2.75. The van der Waals surface area contributed by atoms with Crippen molar-refractivity contribution in [2.75, 3.05) is 11.1 Å². The molecule has 0 fully saturated rings. The van der Waals surface area contributed by atoms with Gasteiger partial charge < -0.3 is 5.32 Å². The van der Waals surface area contributed by atoms with Crippen molar-refractivity contribution in [2.24, 2.45) is 0 Å². The van der Waals surface area contributed by atoms with Crippen molar-refractivity contribution in [1.82, 2.24) is 14.5 Å². The maximum atomic E-state index is 12.4. The minimum Gasteiger partial charge on any atom is -0.301 e. The monoisotopic (exact) mass is 471 g/mol. The Morgan fingerprint density at radius 2 is 2.10 bits per heavy atom. The van der Waals surface area contributed by atoms with Crippen molar-refractivity contribution < 1.29 is 9.72 Å². The van der Waals surface area contributed by atoms with Crippen LogP contribution in [0.4, 0.5) is 10.8 Å². The number of nitro benzene ring substituents is 1. The Balaban J connectivity index is 1.39. The van der Waals surface area contributed by atoms with Crippen LogP contribution in [0.15, 0.2) is 71.5 Å². The summed E-state index contributed by atoms with van der Waals surface area (Å²) in [6, 6.07) is 13.6. The number of imidazole rings is 1. The van der Waals surface area contributed by atoms with Gasteiger partial charge in [0, 0.05) is 46.2 Å². The summed E-state index contributed by atoms with van der Waals surface area (Å²) >= 11 is 8.60. The number of thioether (sulfide) groups is 1. The van der Waals surface area contributed by atoms with Crippen LogP contribution in [0.5, 0.6) is 0 Å². The average molecular weight is 472 g/mol. The molecule has 2 aromatic carbocycles. The summed E-state index contributed by atoms with van der Waals surface area (Å²) in [4.78, 5) is 31.5. The maximum absolute atomic E-state index is 12.4. The molecule has 0 bridgehead atoms. The van der Waals surface area contributed by atoms with Gasteiger partial charge in [0.15, 0.2) is 10.3 Å². The third-order valence-electron chi connectivity index (χ3n) is 4.13. The zero-order valence-electron chi connectivity index (χ0n) is 15.8. The van der Waals surface area contributed by atoms with E-state index in [0.717, 1.165) is 5.69 Å². The molecule has 0 atom stereocenters. The van der Waals surface area contributed by atoms with Crippen molar-refractivity contribution in [3.8, 4) is 16.9 Å². The Morgan fingerprint density at radius 3 is 2.90 bits per heavy atom. The molecule has 0 aliphatic carbocycles. The molecule has 0 aliphatic rings. The molecule has 0 saturated heterocycles. The molecule has 31 heavy (non-hydrogen) atoms. The minimum absolute atomic E-state index is 0.0114. The minimum atomic E-state index is -0.455. The van der Waals surface area contributed by atoms with Gasteiger partial charge in [-0.15, -0.1) is 11.3 Å². The number of anilines is 1. The Hall–Kier alpha value is -3.21. The van der Waals surface area contributed by atoms with Gasteiger partial charge in [-0.3, -0.25) is 19.5 Å². The van der Waals surface area contributed by atoms with Gasteiger partial charge in [-0.25, -0.2) is 9.97 Å². The highest BCUT2D eigenvalue weighted by atomic mass is 35.5. The first kappa shape index (κ1) is 21.0. The number of halogens is 1. The Kier molecular flexibility index (Phi) is 6.31. The number of aromatic nitrogens is 3. The Morgan fingerprint density at radius 1 is 1.26 bits per heavy atom. The third kappa shape index (κ3) is 5.10. The quantitative estimate of drug-likeness (QED) is 0.223. The highest BCUT2D eigenvalue weighted by Gasteiger charge is 2.13. The summed E-state index contributed by atoms with van der Waals surface area (Å²) in [6.07, 6.45) is 3.46. The zero-order chi connectivity index (χ0) is 21.8. The van der Waals surface area contributed by atoms with Gasteiger partial charge in [0.1, 0.15) is 0 Å². The lowest BCUT2D eigenvalue weighted by Gasteiger charge is -2.07. The van der Waals surface area contributed by atoms with Gasteiger partial charge in [0.05, 0.1) is 16.4 Å². The average Bonchev–Trinajstić information content (AvgIpc) is 3.42. The number of benzene rings is 2. The van der Waals surface area contributed by atoms with Gasteiger partial charge in [-0.1, -0.05) is 41.6 Å². The molecule has 1 N–H and O–H groups in total. The zero-order valence-corrected chi connectivity index (χ0v) is 18.2. The smallest absolute Gasteiger partial charge is 0.270 e. The number of hydrogen-bond acceptors (Lipinski definition) is 7. The van der Waals surface area contributed by atoms with Crippen LogP contribution in [0.1, 0.15) is 0 Å². The summed E-state index contributed by atoms with van der Waals surface area (Å²) in [6.45, 7) is 0. The van der Waals surface area contributed by atoms with E-state index < -0.39 is 4.92 Å². The van der Waals surface area contributed by atoms with E-state index in [-0.39, 0.29) is 17.3 Å². The van der Waals surface area contributed by atoms with Crippen molar-refractivity contribution in [3.63, 3.8) is 0 Å². The largest absolute Gasteiger partial charge is 0.301 e. The molecule has 0 saturated carbocycles. The van der Waals surface area contributed by atoms with Crippen LogP contribution in [0.3, 0.4) is 0 Å². The van der Waals surface area contributed by atoms with Crippen molar-refractivity contribution in [2.45, 2.75) is 5.16 Å². The van der Waals surface area contributed by atoms with Crippen LogP contribution >= 0.6 is 34.7 Å². The van der Waals surface area contributed by atoms with E-state index in [4.69, 9.17) is 11.6 Å². The van der Waals surface area contributed by atoms with E-state index in [0.29, 0.717) is 26.6 Å². The number of carbonyl (C=O) groups is 1. The van der Waals surface area contributed by atoms with Crippen molar-refractivity contribution >= 4 is 51.4 Å². The molecule has 8 nitrogen and oxygen atoms in total. The second-order valence-electron chi connectivity index (χ2n) is 6.24. The van der Waals surface area contributed by atoms with E-state index in [9.17, 15) is 14.9 Å². The number of nitrogens with zero attached hydrogens (tertiary/aromatic N) is 4. The number of nitro groups is 1. The fraction of sp³-hybridized carbons (Fsp3) is 0.0500. The van der Waals surface area contributed by atoms with E-state index in [1.54, 1.807) is 36.0 Å². The van der Waals surface area contributed by atoms with E-state index in [1.165, 1.54) is 35.2 Å². The van der Waals surface area contributed by atoms with E-state index >= 15 is 0 Å². The molecule has 11 heteroatoms. The highest BCUT2D eigenvalue weighted by Crippen LogP contribution is 2.28. The van der Waals surface area contributed by atoms with Gasteiger partial charge >= 0.3 is 0 Å². The summed E-state index contributed by atoms with van der Waals surface area (Å²) in [5, 5.41) is 17.1. The highest BCUT2D eigenvalue weighted by molar-refractivity contribution is 7.99. The maximum Gasteiger partial charge on any atom is 0.270 e. The number of nitrogens with one attached hydrogen (secondary N) is 1. The van der Waals surface area contributed by atoms with Crippen LogP contribution < -0.4 is 5.32 Å². The molecular formula is C20H14ClN5O3S2. The van der Waals surface area contributed by atoms with Gasteiger partial charge in [-0.05, 0) is 18.2 Å². The van der Waals surface area contributed by atoms with Gasteiger partial charge in [-0.2, -0.15) is 0 Å². The number of rotatable bonds is 7. The molecule has 4 rings (SSSR count). The second kappa shape index (κ2) is 9.29. The first-order chi connectivity index (χ1) is 15.0. The summed E-state index contributed by atoms with van der Waals surface area (Å²) < 4.78 is 1.85. The molecule has 0 unspecified atom stereocenters. The summed E-state index contributed by atoms with van der Waals surface area (Å²) in [5.74, 6) is -0.0888. The number of hydrogen-bond donors (Lipinski definition) is 1. The van der Waals surface area contributed by atoms with Crippen molar-refractivity contribution in [1.29, 1.82) is 0 Å². The first-order valence-corrected chi connectivity index (χ1v) is 11.2. The van der Waals surface area contributed by atoms with Crippen LogP contribution in [0.2, 0.25) is 5.02 Å². The SMILES string of the molecule is O=C(CSc1nccn1-c1cccc(Cl)c1)Nc1nc(-c2cccc([N+](=O)[O-])c2)cs1. The van der Waals surface area contributed by atoms with E-state index in [2.05, 4.69) is 15.3 Å². The number of thiazole rings is 1. The molecule has 0 spiro atoms. The molecule has 4 aromatic rings. The third-order valence-corrected chi connectivity index (χ3v) is 6.09. The predicted molar refractivity (Wildman–Crippen MR) is 122 cm³/mol. The van der Waals surface area contributed by atoms with Crippen LogP contribution in [-0.4, -0.2) is 31.1 Å². The summed E-state index contributed by atoms with van der Waals surface area (Å²) in [7, 11) is 0. The topological polar surface area (TPSA) is 103 Å². The normalized spacial score (nSPS) is 10.7. The van der Waals surface area contributed by atoms with Gasteiger partial charge in [0.25, 0.3) is 5.69 Å². The first-order valence-electron chi connectivity index (χ1n) is 8.92. The molecule has 2 heterocycles. The lowest BCUT2D eigenvalue weighted by Crippen LogP contribution is -2.14. The van der Waals surface area contributed by atoms with Crippen LogP contribution in [0.25, 0.3) is 16.9 Å². The Labute approximate surface area is 190 Å². The fourth-order valence-corrected chi connectivity index (χ4v) is 4.44. The number of amides is 1. The van der Waals surface area contributed by atoms with Crippen molar-refractivity contribution in [3.05, 3.63) is 81.4 Å². The molecule has 0 aliphatic heterocycles.